The van der Waals surface area contributed by atoms with Crippen LogP contribution in [-0.4, -0.2) is 37.2 Å². The largest absolute Gasteiger partial charge is 0.456 e. The Hall–Kier alpha value is -2.28. The Morgan fingerprint density at radius 3 is 2.63 bits per heavy atom. The van der Waals surface area contributed by atoms with Gasteiger partial charge in [0.2, 0.25) is 0 Å². The summed E-state index contributed by atoms with van der Waals surface area (Å²) in [4.78, 5) is 12.3. The van der Waals surface area contributed by atoms with E-state index in [1.807, 2.05) is 6.07 Å². The summed E-state index contributed by atoms with van der Waals surface area (Å²) < 4.78 is 36.5. The van der Waals surface area contributed by atoms with Crippen molar-refractivity contribution in [1.29, 1.82) is 0 Å². The van der Waals surface area contributed by atoms with Crippen molar-refractivity contribution in [1.82, 2.24) is 0 Å². The third-order valence-electron chi connectivity index (χ3n) is 4.39. The van der Waals surface area contributed by atoms with E-state index in [-0.39, 0.29) is 19.0 Å². The van der Waals surface area contributed by atoms with Crippen LogP contribution in [0.4, 0.5) is 4.39 Å². The van der Waals surface area contributed by atoms with Gasteiger partial charge < -0.3 is 18.9 Å². The van der Waals surface area contributed by atoms with Crippen LogP contribution in [0.5, 0.6) is 0 Å². The van der Waals surface area contributed by atoms with Gasteiger partial charge >= 0.3 is 5.97 Å². The molecule has 0 amide bonds. The Morgan fingerprint density at radius 2 is 1.89 bits per heavy atom. The van der Waals surface area contributed by atoms with Crippen LogP contribution in [0.3, 0.4) is 0 Å². The van der Waals surface area contributed by atoms with E-state index in [4.69, 9.17) is 18.9 Å². The first-order valence-electron chi connectivity index (χ1n) is 8.92. The molecule has 6 heteroatoms. The van der Waals surface area contributed by atoms with Crippen molar-refractivity contribution < 1.29 is 28.1 Å². The molecule has 2 aromatic carbocycles. The van der Waals surface area contributed by atoms with Gasteiger partial charge in [0, 0.05) is 5.56 Å². The van der Waals surface area contributed by atoms with Crippen LogP contribution < -0.4 is 0 Å². The highest BCUT2D eigenvalue weighted by Crippen LogP contribution is 2.23. The molecule has 27 heavy (non-hydrogen) atoms. The quantitative estimate of drug-likeness (QED) is 0.722. The van der Waals surface area contributed by atoms with Crippen LogP contribution in [0.15, 0.2) is 54.6 Å². The molecule has 3 rings (SSSR count). The van der Waals surface area contributed by atoms with E-state index in [2.05, 4.69) is 0 Å². The van der Waals surface area contributed by atoms with Crippen LogP contribution in [0.1, 0.15) is 29.8 Å². The van der Waals surface area contributed by atoms with Crippen molar-refractivity contribution in [3.8, 4) is 0 Å². The first-order chi connectivity index (χ1) is 13.0. The topological polar surface area (TPSA) is 54.0 Å². The number of carbonyl (C=O) groups excluding carboxylic acids is 1. The molecule has 0 aromatic heterocycles. The second kappa shape index (κ2) is 9.08. The Balaban J connectivity index is 1.64. The summed E-state index contributed by atoms with van der Waals surface area (Å²) in [5.41, 5.74) is 0.914. The van der Waals surface area contributed by atoms with Crippen molar-refractivity contribution in [2.45, 2.75) is 45.1 Å². The van der Waals surface area contributed by atoms with Gasteiger partial charge in [-0.2, -0.15) is 0 Å². The van der Waals surface area contributed by atoms with Gasteiger partial charge in [0.05, 0.1) is 18.8 Å². The van der Waals surface area contributed by atoms with Gasteiger partial charge in [0.1, 0.15) is 24.1 Å². The highest BCUT2D eigenvalue weighted by molar-refractivity contribution is 5.89. The van der Waals surface area contributed by atoms with Gasteiger partial charge in [-0.3, -0.25) is 0 Å². The fraction of sp³-hybridized carbons (Fsp3) is 0.381. The van der Waals surface area contributed by atoms with E-state index in [1.54, 1.807) is 56.3 Å². The number of esters is 1. The van der Waals surface area contributed by atoms with E-state index < -0.39 is 30.6 Å². The minimum atomic E-state index is -0.560. The van der Waals surface area contributed by atoms with E-state index >= 15 is 0 Å². The second-order valence-corrected chi connectivity index (χ2v) is 6.42. The van der Waals surface area contributed by atoms with Gasteiger partial charge in [-0.15, -0.1) is 0 Å². The van der Waals surface area contributed by atoms with Gasteiger partial charge in [-0.05, 0) is 32.0 Å². The van der Waals surface area contributed by atoms with Gasteiger partial charge in [-0.25, -0.2) is 9.18 Å². The Labute approximate surface area is 158 Å². The van der Waals surface area contributed by atoms with Gasteiger partial charge in [-0.1, -0.05) is 36.4 Å². The van der Waals surface area contributed by atoms with Gasteiger partial charge in [0.15, 0.2) is 6.29 Å². The SMILES string of the molecule is CC(OC(=O)c1ccccc1)[C@H]1O[C@H](C)OC[C@@H]1OCc1ccccc1F. The zero-order valence-electron chi connectivity index (χ0n) is 15.3. The number of ether oxygens (including phenoxy) is 4. The molecular weight excluding hydrogens is 351 g/mol. The highest BCUT2D eigenvalue weighted by atomic mass is 19.1. The Morgan fingerprint density at radius 1 is 1.19 bits per heavy atom. The smallest absolute Gasteiger partial charge is 0.338 e. The molecule has 5 nitrogen and oxygen atoms in total. The fourth-order valence-corrected chi connectivity index (χ4v) is 2.92. The van der Waals surface area contributed by atoms with Crippen LogP contribution in [0.25, 0.3) is 0 Å². The van der Waals surface area contributed by atoms with Gasteiger partial charge in [0.25, 0.3) is 0 Å². The molecule has 1 unspecified atom stereocenters. The maximum absolute atomic E-state index is 13.8. The molecule has 1 aliphatic heterocycles. The Bertz CT molecular complexity index is 751. The van der Waals surface area contributed by atoms with Crippen molar-refractivity contribution >= 4 is 5.97 Å². The summed E-state index contributed by atoms with van der Waals surface area (Å²) in [7, 11) is 0. The Kier molecular flexibility index (Phi) is 6.55. The van der Waals surface area contributed by atoms with Crippen molar-refractivity contribution in [2.75, 3.05) is 6.61 Å². The van der Waals surface area contributed by atoms with Crippen LogP contribution in [0.2, 0.25) is 0 Å². The average Bonchev–Trinajstić information content (AvgIpc) is 2.68. The lowest BCUT2D eigenvalue weighted by atomic mass is 10.1. The first kappa shape index (κ1) is 19.5. The monoisotopic (exact) mass is 374 g/mol. The van der Waals surface area contributed by atoms with Crippen molar-refractivity contribution in [3.63, 3.8) is 0 Å². The number of rotatable bonds is 6. The molecule has 1 aliphatic rings. The summed E-state index contributed by atoms with van der Waals surface area (Å²) in [5, 5.41) is 0. The molecule has 1 heterocycles. The lowest BCUT2D eigenvalue weighted by molar-refractivity contribution is -0.272. The zero-order chi connectivity index (χ0) is 19.2. The summed E-state index contributed by atoms with van der Waals surface area (Å²) in [6.07, 6.45) is -2.01. The number of hydrogen-bond donors (Lipinski definition) is 0. The molecule has 1 saturated heterocycles. The predicted molar refractivity (Wildman–Crippen MR) is 96.6 cm³/mol. The lowest BCUT2D eigenvalue weighted by Gasteiger charge is -2.37. The number of benzene rings is 2. The lowest BCUT2D eigenvalue weighted by Crippen LogP contribution is -2.50. The number of hydrogen-bond acceptors (Lipinski definition) is 5. The predicted octanol–water partition coefficient (Wildman–Crippen LogP) is 3.72. The molecule has 4 atom stereocenters. The molecule has 0 aliphatic carbocycles. The first-order valence-corrected chi connectivity index (χ1v) is 8.92. The van der Waals surface area contributed by atoms with Crippen LogP contribution >= 0.6 is 0 Å². The number of carbonyl (C=O) groups is 1. The maximum atomic E-state index is 13.8. The normalized spacial score (nSPS) is 23.6. The third-order valence-corrected chi connectivity index (χ3v) is 4.39. The van der Waals surface area contributed by atoms with Crippen molar-refractivity contribution in [3.05, 3.63) is 71.5 Å². The average molecular weight is 374 g/mol. The summed E-state index contributed by atoms with van der Waals surface area (Å²) >= 11 is 0. The molecule has 2 aromatic rings. The summed E-state index contributed by atoms with van der Waals surface area (Å²) in [5.74, 6) is -0.762. The molecule has 0 radical (unpaired) electrons. The summed E-state index contributed by atoms with van der Waals surface area (Å²) in [6, 6.07) is 15.2. The molecule has 1 fully saturated rings. The van der Waals surface area contributed by atoms with E-state index in [1.165, 1.54) is 6.07 Å². The molecular formula is C21H23FO5. The zero-order valence-corrected chi connectivity index (χ0v) is 15.3. The number of halogens is 1. The molecule has 0 N–H and O–H groups in total. The fourth-order valence-electron chi connectivity index (χ4n) is 2.92. The third kappa shape index (κ3) is 5.13. The molecule has 0 bridgehead atoms. The molecule has 0 saturated carbocycles. The minimum Gasteiger partial charge on any atom is -0.456 e. The minimum absolute atomic E-state index is 0.0777. The maximum Gasteiger partial charge on any atom is 0.338 e. The van der Waals surface area contributed by atoms with Crippen molar-refractivity contribution in [2.24, 2.45) is 0 Å². The standard InChI is InChI=1S/C21H23FO5/c1-14(26-21(23)16-8-4-3-5-9-16)20-19(13-24-15(2)27-20)25-12-17-10-6-7-11-18(17)22/h3-11,14-15,19-20H,12-13H2,1-2H3/t14?,15-,19+,20-/m1/s1. The molecule has 144 valence electrons. The second-order valence-electron chi connectivity index (χ2n) is 6.42. The van der Waals surface area contributed by atoms with Crippen LogP contribution in [-0.2, 0) is 25.6 Å². The molecule has 0 spiro atoms. The summed E-state index contributed by atoms with van der Waals surface area (Å²) in [6.45, 7) is 3.87. The van der Waals surface area contributed by atoms with E-state index in [9.17, 15) is 9.18 Å². The van der Waals surface area contributed by atoms with E-state index in [0.717, 1.165) is 0 Å². The van der Waals surface area contributed by atoms with Crippen LogP contribution in [0, 0.1) is 5.82 Å². The van der Waals surface area contributed by atoms with E-state index in [0.29, 0.717) is 11.1 Å². The highest BCUT2D eigenvalue weighted by Gasteiger charge is 2.37.